The number of rotatable bonds is 5. The first-order valence-electron chi connectivity index (χ1n) is 8.52. The van der Waals surface area contributed by atoms with Crippen LogP contribution in [0.2, 0.25) is 0 Å². The molecule has 0 aliphatic carbocycles. The predicted octanol–water partition coefficient (Wildman–Crippen LogP) is 0.349. The molecule has 0 N–H and O–H groups in total. The lowest BCUT2D eigenvalue weighted by Gasteiger charge is -2.35. The summed E-state index contributed by atoms with van der Waals surface area (Å²) in [5.74, 6) is 1.12. The Morgan fingerprint density at radius 1 is 1.08 bits per heavy atom. The third-order valence-corrected chi connectivity index (χ3v) is 5.05. The van der Waals surface area contributed by atoms with Gasteiger partial charge in [0.15, 0.2) is 0 Å². The average molecular weight is 439 g/mol. The first-order chi connectivity index (χ1) is 12.2. The van der Waals surface area contributed by atoms with Crippen molar-refractivity contribution in [2.24, 2.45) is 0 Å². The maximum atomic E-state index is 12.5. The second kappa shape index (κ2) is 9.95. The monoisotopic (exact) mass is 437 g/mol. The van der Waals surface area contributed by atoms with Crippen molar-refractivity contribution in [2.75, 3.05) is 33.3 Å². The third kappa shape index (κ3) is 5.47. The van der Waals surface area contributed by atoms with Gasteiger partial charge >= 0.3 is 0 Å². The molecule has 3 rings (SSSR count). The number of nitrogens with zero attached hydrogens (tertiary/aromatic N) is 2. The molecule has 1 fully saturated rings. The van der Waals surface area contributed by atoms with E-state index in [1.807, 2.05) is 47.4 Å². The van der Waals surface area contributed by atoms with E-state index >= 15 is 0 Å². The van der Waals surface area contributed by atoms with E-state index in [0.29, 0.717) is 6.42 Å². The Morgan fingerprint density at radius 3 is 2.42 bits per heavy atom. The minimum Gasteiger partial charge on any atom is -1.00 e. The molecule has 1 aliphatic heterocycles. The lowest BCUT2D eigenvalue weighted by Crippen LogP contribution is -3.00. The van der Waals surface area contributed by atoms with E-state index in [4.69, 9.17) is 4.74 Å². The molecule has 6 heteroatoms. The highest BCUT2D eigenvalue weighted by Crippen LogP contribution is 2.24. The number of ether oxygens (including phenoxy) is 1. The lowest BCUT2D eigenvalue weighted by atomic mass is 10.1. The number of methoxy groups -OCH3 is 1. The number of hydrogen-bond donors (Lipinski definition) is 0. The van der Waals surface area contributed by atoms with Crippen molar-refractivity contribution in [3.63, 3.8) is 0 Å². The molecule has 2 aromatic carbocycles. The molecule has 4 nitrogen and oxygen atoms in total. The Kier molecular flexibility index (Phi) is 7.94. The summed E-state index contributed by atoms with van der Waals surface area (Å²) in [5, 5.41) is 0. The van der Waals surface area contributed by atoms with Gasteiger partial charge in [0.2, 0.25) is 5.91 Å². The minimum atomic E-state index is 0. The highest BCUT2D eigenvalue weighted by Gasteiger charge is 2.22. The van der Waals surface area contributed by atoms with E-state index in [0.717, 1.165) is 48.5 Å². The van der Waals surface area contributed by atoms with Crippen LogP contribution in [0.15, 0.2) is 53.0 Å². The molecular formula is C20H23BrClN2O2-. The standard InChI is InChI=1S/C20H23BrN2O2.ClH/c1-25-19-8-7-18(21)14-17(19)15-22-9-11-23(12-10-22)20(24)13-16-5-3-2-4-6-16;/h2-8,14H,9-13,15H2,1H3;1H/p-1. The molecule has 0 atom stereocenters. The van der Waals surface area contributed by atoms with Gasteiger partial charge in [-0.3, -0.25) is 9.69 Å². The Labute approximate surface area is 169 Å². The zero-order valence-electron chi connectivity index (χ0n) is 14.8. The van der Waals surface area contributed by atoms with E-state index in [2.05, 4.69) is 26.9 Å². The number of amides is 1. The van der Waals surface area contributed by atoms with Crippen molar-refractivity contribution in [1.82, 2.24) is 9.80 Å². The minimum absolute atomic E-state index is 0. The van der Waals surface area contributed by atoms with Gasteiger partial charge in [-0.1, -0.05) is 46.3 Å². The summed E-state index contributed by atoms with van der Waals surface area (Å²) >= 11 is 3.52. The van der Waals surface area contributed by atoms with Gasteiger partial charge in [-0.2, -0.15) is 0 Å². The summed E-state index contributed by atoms with van der Waals surface area (Å²) in [4.78, 5) is 16.8. The quantitative estimate of drug-likeness (QED) is 0.675. The maximum absolute atomic E-state index is 12.5. The molecule has 0 aromatic heterocycles. The number of carbonyl (C=O) groups is 1. The molecule has 0 spiro atoms. The van der Waals surface area contributed by atoms with Crippen molar-refractivity contribution in [3.05, 3.63) is 64.1 Å². The van der Waals surface area contributed by atoms with Crippen LogP contribution in [-0.2, 0) is 17.8 Å². The van der Waals surface area contributed by atoms with Crippen LogP contribution in [0.3, 0.4) is 0 Å². The van der Waals surface area contributed by atoms with Gasteiger partial charge in [0.25, 0.3) is 0 Å². The van der Waals surface area contributed by atoms with Crippen LogP contribution in [0.5, 0.6) is 5.75 Å². The molecule has 1 saturated heterocycles. The summed E-state index contributed by atoms with van der Waals surface area (Å²) in [7, 11) is 1.70. The summed E-state index contributed by atoms with van der Waals surface area (Å²) in [6, 6.07) is 16.0. The molecule has 0 unspecified atom stereocenters. The van der Waals surface area contributed by atoms with Crippen LogP contribution in [0.4, 0.5) is 0 Å². The van der Waals surface area contributed by atoms with Crippen molar-refractivity contribution in [3.8, 4) is 5.75 Å². The molecule has 2 aromatic rings. The summed E-state index contributed by atoms with van der Waals surface area (Å²) in [6.45, 7) is 4.17. The van der Waals surface area contributed by atoms with Crippen LogP contribution in [0, 0.1) is 0 Å². The van der Waals surface area contributed by atoms with Crippen LogP contribution < -0.4 is 17.1 Å². The molecule has 1 amide bonds. The van der Waals surface area contributed by atoms with E-state index in [1.54, 1.807) is 7.11 Å². The largest absolute Gasteiger partial charge is 1.00 e. The maximum Gasteiger partial charge on any atom is 0.227 e. The summed E-state index contributed by atoms with van der Waals surface area (Å²) in [6.07, 6.45) is 0.486. The number of piperazine rings is 1. The van der Waals surface area contributed by atoms with Gasteiger partial charge in [-0.05, 0) is 23.8 Å². The number of hydrogen-bond acceptors (Lipinski definition) is 3. The van der Waals surface area contributed by atoms with Crippen LogP contribution >= 0.6 is 15.9 Å². The Bertz CT molecular complexity index is 719. The third-order valence-electron chi connectivity index (χ3n) is 4.56. The van der Waals surface area contributed by atoms with Crippen molar-refractivity contribution >= 4 is 21.8 Å². The first-order valence-corrected chi connectivity index (χ1v) is 9.31. The fraction of sp³-hybridized carbons (Fsp3) is 0.350. The molecule has 0 bridgehead atoms. The highest BCUT2D eigenvalue weighted by molar-refractivity contribution is 9.10. The Morgan fingerprint density at radius 2 is 1.77 bits per heavy atom. The van der Waals surface area contributed by atoms with Gasteiger partial charge < -0.3 is 22.0 Å². The topological polar surface area (TPSA) is 32.8 Å². The molecule has 0 saturated carbocycles. The van der Waals surface area contributed by atoms with E-state index < -0.39 is 0 Å². The van der Waals surface area contributed by atoms with E-state index in [-0.39, 0.29) is 18.3 Å². The lowest BCUT2D eigenvalue weighted by molar-refractivity contribution is -0.132. The molecule has 1 heterocycles. The van der Waals surface area contributed by atoms with Gasteiger partial charge in [0.05, 0.1) is 13.5 Å². The van der Waals surface area contributed by atoms with Gasteiger partial charge in [-0.25, -0.2) is 0 Å². The Hall–Kier alpha value is -1.56. The van der Waals surface area contributed by atoms with Crippen LogP contribution in [-0.4, -0.2) is 49.0 Å². The zero-order chi connectivity index (χ0) is 17.6. The van der Waals surface area contributed by atoms with E-state index in [9.17, 15) is 4.79 Å². The fourth-order valence-corrected chi connectivity index (χ4v) is 3.56. The smallest absolute Gasteiger partial charge is 0.227 e. The summed E-state index contributed by atoms with van der Waals surface area (Å²) < 4.78 is 6.51. The van der Waals surface area contributed by atoms with Gasteiger partial charge in [-0.15, -0.1) is 0 Å². The van der Waals surface area contributed by atoms with Crippen LogP contribution in [0.1, 0.15) is 11.1 Å². The second-order valence-electron chi connectivity index (χ2n) is 6.28. The fourth-order valence-electron chi connectivity index (χ4n) is 3.15. The molecule has 140 valence electrons. The van der Waals surface area contributed by atoms with Gasteiger partial charge in [0, 0.05) is 42.8 Å². The van der Waals surface area contributed by atoms with Crippen molar-refractivity contribution < 1.29 is 21.9 Å². The number of benzene rings is 2. The van der Waals surface area contributed by atoms with Crippen molar-refractivity contribution in [1.29, 1.82) is 0 Å². The molecule has 1 aliphatic rings. The number of carbonyl (C=O) groups excluding carboxylic acids is 1. The SMILES string of the molecule is COc1ccc(Br)cc1CN1CCN(C(=O)Cc2ccccc2)CC1.[Cl-]. The average Bonchev–Trinajstić information content (AvgIpc) is 2.63. The van der Waals surface area contributed by atoms with E-state index in [1.165, 1.54) is 5.56 Å². The highest BCUT2D eigenvalue weighted by atomic mass is 79.9. The normalized spacial score (nSPS) is 14.6. The Balaban J connectivity index is 0.00000243. The second-order valence-corrected chi connectivity index (χ2v) is 7.19. The molecule has 0 radical (unpaired) electrons. The van der Waals surface area contributed by atoms with Crippen molar-refractivity contribution in [2.45, 2.75) is 13.0 Å². The zero-order valence-corrected chi connectivity index (χ0v) is 17.2. The number of halogens is 2. The predicted molar refractivity (Wildman–Crippen MR) is 103 cm³/mol. The molecular weight excluding hydrogens is 416 g/mol. The molecule has 26 heavy (non-hydrogen) atoms. The summed E-state index contributed by atoms with van der Waals surface area (Å²) in [5.41, 5.74) is 2.25. The van der Waals surface area contributed by atoms with Gasteiger partial charge in [0.1, 0.15) is 5.75 Å². The first kappa shape index (κ1) is 20.7. The van der Waals surface area contributed by atoms with Crippen LogP contribution in [0.25, 0.3) is 0 Å².